The Kier molecular flexibility index (Phi) is 6.16. The van der Waals surface area contributed by atoms with E-state index < -0.39 is 5.69 Å². The minimum atomic E-state index is -0.483. The highest BCUT2D eigenvalue weighted by Gasteiger charge is 2.22. The Hall–Kier alpha value is -2.77. The molecule has 1 unspecified atom stereocenters. The third kappa shape index (κ3) is 5.35. The Morgan fingerprint density at radius 3 is 2.89 bits per heavy atom. The fraction of sp³-hybridized carbons (Fsp3) is 0.526. The van der Waals surface area contributed by atoms with Crippen LogP contribution in [0.15, 0.2) is 29.3 Å². The van der Waals surface area contributed by atoms with Gasteiger partial charge in [0.2, 0.25) is 5.95 Å². The van der Waals surface area contributed by atoms with Crippen molar-refractivity contribution >= 4 is 11.9 Å². The molecule has 1 saturated heterocycles. The summed E-state index contributed by atoms with van der Waals surface area (Å²) in [5.74, 6) is 1.11. The largest absolute Gasteiger partial charge is 0.350 e. The number of carbonyl (C=O) groups is 1. The fourth-order valence-corrected chi connectivity index (χ4v) is 3.37. The van der Waals surface area contributed by atoms with Crippen molar-refractivity contribution < 1.29 is 4.79 Å². The van der Waals surface area contributed by atoms with E-state index in [0.717, 1.165) is 37.6 Å². The Bertz CT molecular complexity index is 820. The maximum atomic E-state index is 12.5. The van der Waals surface area contributed by atoms with Crippen LogP contribution in [-0.2, 0) is 6.42 Å². The van der Waals surface area contributed by atoms with E-state index in [9.17, 15) is 9.59 Å². The van der Waals surface area contributed by atoms with Crippen molar-refractivity contribution in [2.24, 2.45) is 11.8 Å². The minimum Gasteiger partial charge on any atom is -0.350 e. The third-order valence-electron chi connectivity index (χ3n) is 4.57. The van der Waals surface area contributed by atoms with Crippen molar-refractivity contribution in [3.63, 3.8) is 0 Å². The van der Waals surface area contributed by atoms with Crippen molar-refractivity contribution in [1.82, 2.24) is 25.3 Å². The van der Waals surface area contributed by atoms with E-state index >= 15 is 0 Å². The number of aromatic amines is 1. The lowest BCUT2D eigenvalue weighted by molar-refractivity contribution is 0.0940. The number of piperidine rings is 1. The van der Waals surface area contributed by atoms with Gasteiger partial charge >= 0.3 is 5.69 Å². The average Bonchev–Trinajstić information content (AvgIpc) is 2.66. The number of carbonyl (C=O) groups excluding carboxylic acids is 1. The quantitative estimate of drug-likeness (QED) is 0.797. The zero-order valence-corrected chi connectivity index (χ0v) is 15.8. The monoisotopic (exact) mass is 370 g/mol. The van der Waals surface area contributed by atoms with E-state index in [0.29, 0.717) is 24.8 Å². The summed E-state index contributed by atoms with van der Waals surface area (Å²) in [6.07, 6.45) is 6.24. The number of nitrogens with one attached hydrogen (secondary N) is 2. The number of amides is 1. The van der Waals surface area contributed by atoms with Crippen molar-refractivity contribution in [3.8, 4) is 0 Å². The zero-order valence-electron chi connectivity index (χ0n) is 15.8. The average molecular weight is 370 g/mol. The van der Waals surface area contributed by atoms with Gasteiger partial charge in [-0.2, -0.15) is 4.98 Å². The van der Waals surface area contributed by atoms with Gasteiger partial charge in [0.25, 0.3) is 5.91 Å². The standard InChI is InChI=1S/C19H26N6O2/c1-13(2)9-15-10-16(24-19(27)23-15)17(26)22-11-14-5-3-8-25(12-14)18-20-6-4-7-21-18/h4,6-7,10,13-14H,3,5,8-9,11-12H2,1-2H3,(H,22,26)(H,23,24,27). The molecule has 1 atom stereocenters. The second kappa shape index (κ2) is 8.75. The van der Waals surface area contributed by atoms with Crippen LogP contribution in [0.2, 0.25) is 0 Å². The van der Waals surface area contributed by atoms with E-state index in [1.807, 2.05) is 0 Å². The van der Waals surface area contributed by atoms with Crippen molar-refractivity contribution in [1.29, 1.82) is 0 Å². The molecule has 0 radical (unpaired) electrons. The number of hydrogen-bond donors (Lipinski definition) is 2. The molecule has 0 bridgehead atoms. The number of H-pyrrole nitrogens is 1. The zero-order chi connectivity index (χ0) is 19.2. The molecule has 2 aromatic heterocycles. The van der Waals surface area contributed by atoms with Crippen LogP contribution < -0.4 is 15.9 Å². The maximum absolute atomic E-state index is 12.5. The molecule has 0 saturated carbocycles. The van der Waals surface area contributed by atoms with Gasteiger partial charge in [0.1, 0.15) is 5.69 Å². The van der Waals surface area contributed by atoms with E-state index in [1.54, 1.807) is 24.5 Å². The molecule has 1 aliphatic rings. The molecule has 144 valence electrons. The summed E-state index contributed by atoms with van der Waals surface area (Å²) in [6, 6.07) is 3.47. The highest BCUT2D eigenvalue weighted by molar-refractivity contribution is 5.92. The lowest BCUT2D eigenvalue weighted by Gasteiger charge is -2.32. The Labute approximate surface area is 158 Å². The molecule has 0 spiro atoms. The fourth-order valence-electron chi connectivity index (χ4n) is 3.37. The lowest BCUT2D eigenvalue weighted by Crippen LogP contribution is -2.42. The van der Waals surface area contributed by atoms with Crippen molar-refractivity contribution in [2.75, 3.05) is 24.5 Å². The highest BCUT2D eigenvalue weighted by atomic mass is 16.2. The second-order valence-electron chi connectivity index (χ2n) is 7.41. The van der Waals surface area contributed by atoms with Gasteiger partial charge in [0.15, 0.2) is 0 Å². The Morgan fingerprint density at radius 1 is 1.37 bits per heavy atom. The summed E-state index contributed by atoms with van der Waals surface area (Å²) in [7, 11) is 0. The first kappa shape index (κ1) is 19.0. The normalized spacial score (nSPS) is 17.1. The molecule has 1 fully saturated rings. The molecule has 8 nitrogen and oxygen atoms in total. The molecule has 2 aromatic rings. The first-order valence-electron chi connectivity index (χ1n) is 9.41. The second-order valence-corrected chi connectivity index (χ2v) is 7.41. The maximum Gasteiger partial charge on any atom is 0.345 e. The van der Waals surface area contributed by atoms with Gasteiger partial charge in [-0.1, -0.05) is 13.8 Å². The molecule has 0 aliphatic carbocycles. The van der Waals surface area contributed by atoms with Crippen LogP contribution >= 0.6 is 0 Å². The molecular formula is C19H26N6O2. The van der Waals surface area contributed by atoms with Crippen LogP contribution in [-0.4, -0.2) is 45.5 Å². The molecule has 2 N–H and O–H groups in total. The van der Waals surface area contributed by atoms with E-state index in [1.165, 1.54) is 0 Å². The molecule has 1 aliphatic heterocycles. The van der Waals surface area contributed by atoms with Crippen LogP contribution in [0.3, 0.4) is 0 Å². The van der Waals surface area contributed by atoms with Crippen LogP contribution in [0.25, 0.3) is 0 Å². The van der Waals surface area contributed by atoms with Gasteiger partial charge in [-0.05, 0) is 43.2 Å². The first-order valence-corrected chi connectivity index (χ1v) is 9.41. The van der Waals surface area contributed by atoms with Crippen LogP contribution in [0.5, 0.6) is 0 Å². The van der Waals surface area contributed by atoms with Crippen molar-refractivity contribution in [3.05, 3.63) is 46.4 Å². The Balaban J connectivity index is 1.59. The van der Waals surface area contributed by atoms with Gasteiger partial charge in [-0.3, -0.25) is 4.79 Å². The molecule has 8 heteroatoms. The summed E-state index contributed by atoms with van der Waals surface area (Å²) in [5, 5.41) is 2.93. The van der Waals surface area contributed by atoms with E-state index in [2.05, 4.69) is 44.0 Å². The molecule has 3 heterocycles. The van der Waals surface area contributed by atoms with Gasteiger partial charge in [-0.15, -0.1) is 0 Å². The van der Waals surface area contributed by atoms with Gasteiger partial charge < -0.3 is 15.2 Å². The third-order valence-corrected chi connectivity index (χ3v) is 4.57. The van der Waals surface area contributed by atoms with Crippen molar-refractivity contribution in [2.45, 2.75) is 33.1 Å². The predicted molar refractivity (Wildman–Crippen MR) is 103 cm³/mol. The summed E-state index contributed by atoms with van der Waals surface area (Å²) in [4.78, 5) is 41.5. The summed E-state index contributed by atoms with van der Waals surface area (Å²) in [6.45, 7) is 6.37. The molecule has 3 rings (SSSR count). The van der Waals surface area contributed by atoms with Gasteiger partial charge in [0, 0.05) is 37.7 Å². The number of aromatic nitrogens is 4. The van der Waals surface area contributed by atoms with Crippen LogP contribution in [0.1, 0.15) is 42.9 Å². The molecule has 27 heavy (non-hydrogen) atoms. The van der Waals surface area contributed by atoms with Gasteiger partial charge in [0.05, 0.1) is 0 Å². The molecule has 0 aromatic carbocycles. The predicted octanol–water partition coefficient (Wildman–Crippen LogP) is 1.40. The Morgan fingerprint density at radius 2 is 2.15 bits per heavy atom. The number of rotatable bonds is 6. The molecular weight excluding hydrogens is 344 g/mol. The topological polar surface area (TPSA) is 104 Å². The smallest absolute Gasteiger partial charge is 0.345 e. The minimum absolute atomic E-state index is 0.174. The number of hydrogen-bond acceptors (Lipinski definition) is 6. The van der Waals surface area contributed by atoms with Crippen LogP contribution in [0, 0.1) is 11.8 Å². The highest BCUT2D eigenvalue weighted by Crippen LogP contribution is 2.19. The van der Waals surface area contributed by atoms with E-state index in [4.69, 9.17) is 0 Å². The number of anilines is 1. The summed E-state index contributed by atoms with van der Waals surface area (Å²) in [5.41, 5.74) is 0.428. The first-order chi connectivity index (χ1) is 13.0. The number of nitrogens with zero attached hydrogens (tertiary/aromatic N) is 4. The molecule has 1 amide bonds. The summed E-state index contributed by atoms with van der Waals surface area (Å²) < 4.78 is 0. The SMILES string of the molecule is CC(C)Cc1cc(C(=O)NCC2CCCN(c3ncccn3)C2)nc(=O)[nH]1. The lowest BCUT2D eigenvalue weighted by atomic mass is 9.98. The van der Waals surface area contributed by atoms with Gasteiger partial charge in [-0.25, -0.2) is 14.8 Å². The van der Waals surface area contributed by atoms with E-state index in [-0.39, 0.29) is 11.6 Å². The van der Waals surface area contributed by atoms with Crippen LogP contribution in [0.4, 0.5) is 5.95 Å². The summed E-state index contributed by atoms with van der Waals surface area (Å²) >= 11 is 0.